The first-order valence-corrected chi connectivity index (χ1v) is 4.33. The number of carbonyl (C=O) groups excluding carboxylic acids is 1. The summed E-state index contributed by atoms with van der Waals surface area (Å²) in [7, 11) is 0. The van der Waals surface area contributed by atoms with Gasteiger partial charge in [-0.2, -0.15) is 8.78 Å². The Morgan fingerprint density at radius 3 is 2.60 bits per heavy atom. The van der Waals surface area contributed by atoms with Gasteiger partial charge in [0.25, 0.3) is 5.91 Å². The van der Waals surface area contributed by atoms with Gasteiger partial charge in [-0.15, -0.1) is 0 Å². The van der Waals surface area contributed by atoms with Crippen molar-refractivity contribution in [3.63, 3.8) is 0 Å². The first-order chi connectivity index (χ1) is 4.68. The maximum Gasteiger partial charge on any atom is 0.315 e. The lowest BCUT2D eigenvalue weighted by Crippen LogP contribution is -2.30. The minimum absolute atomic E-state index is 0.339. The van der Waals surface area contributed by atoms with Gasteiger partial charge in [0, 0.05) is 11.0 Å². The molecule has 5 heteroatoms. The second kappa shape index (κ2) is 5.82. The van der Waals surface area contributed by atoms with Crippen molar-refractivity contribution in [3.8, 4) is 0 Å². The molecule has 0 heterocycles. The van der Waals surface area contributed by atoms with Crippen LogP contribution in [0.3, 0.4) is 0 Å². The van der Waals surface area contributed by atoms with Gasteiger partial charge in [-0.1, -0.05) is 22.6 Å². The smallest absolute Gasteiger partial charge is 0.315 e. The molecule has 0 radical (unpaired) electrons. The van der Waals surface area contributed by atoms with Crippen LogP contribution in [-0.4, -0.2) is 23.3 Å². The van der Waals surface area contributed by atoms with Crippen molar-refractivity contribution in [1.82, 2.24) is 5.32 Å². The predicted molar refractivity (Wildman–Crippen MR) is 42.5 cm³/mol. The highest BCUT2D eigenvalue weighted by Gasteiger charge is 2.12. The SMILES string of the molecule is O=C(NCCCI)C(F)F. The highest BCUT2D eigenvalue weighted by molar-refractivity contribution is 14.1. The lowest BCUT2D eigenvalue weighted by molar-refractivity contribution is -0.131. The van der Waals surface area contributed by atoms with E-state index < -0.39 is 12.3 Å². The fourth-order valence-electron chi connectivity index (χ4n) is 0.356. The third kappa shape index (κ3) is 4.89. The number of hydrogen-bond acceptors (Lipinski definition) is 1. The molecule has 0 aromatic rings. The number of alkyl halides is 3. The third-order valence-electron chi connectivity index (χ3n) is 0.808. The molecule has 0 saturated heterocycles. The molecule has 0 aromatic heterocycles. The molecule has 0 unspecified atom stereocenters. The average Bonchev–Trinajstić information content (AvgIpc) is 1.88. The average molecular weight is 263 g/mol. The molecule has 0 saturated carbocycles. The Labute approximate surface area is 71.5 Å². The summed E-state index contributed by atoms with van der Waals surface area (Å²) in [5.74, 6) is -1.18. The monoisotopic (exact) mass is 263 g/mol. The van der Waals surface area contributed by atoms with E-state index in [0.29, 0.717) is 6.54 Å². The zero-order valence-corrected chi connectivity index (χ0v) is 7.40. The lowest BCUT2D eigenvalue weighted by atomic mass is 10.5. The summed E-state index contributed by atoms with van der Waals surface area (Å²) < 4.78 is 23.7. The molecule has 0 rings (SSSR count). The van der Waals surface area contributed by atoms with Crippen LogP contribution in [0.15, 0.2) is 0 Å². The van der Waals surface area contributed by atoms with Gasteiger partial charge in [-0.05, 0) is 6.42 Å². The summed E-state index contributed by atoms with van der Waals surface area (Å²) in [5, 5.41) is 2.09. The van der Waals surface area contributed by atoms with Gasteiger partial charge in [0.1, 0.15) is 0 Å². The van der Waals surface area contributed by atoms with Crippen LogP contribution < -0.4 is 5.32 Å². The summed E-state index contributed by atoms with van der Waals surface area (Å²) in [6.45, 7) is 0.339. The Morgan fingerprint density at radius 2 is 2.20 bits per heavy atom. The molecule has 10 heavy (non-hydrogen) atoms. The molecule has 1 amide bonds. The standard InChI is InChI=1S/C5H8F2INO/c6-4(7)5(10)9-3-1-2-8/h4H,1-3H2,(H,9,10). The Hall–Kier alpha value is 0.0600. The molecule has 60 valence electrons. The van der Waals surface area contributed by atoms with Gasteiger partial charge in [-0.25, -0.2) is 0 Å². The highest BCUT2D eigenvalue weighted by atomic mass is 127. The van der Waals surface area contributed by atoms with Crippen LogP contribution in [0.2, 0.25) is 0 Å². The number of hydrogen-bond donors (Lipinski definition) is 1. The Morgan fingerprint density at radius 1 is 1.60 bits per heavy atom. The van der Waals surface area contributed by atoms with Crippen LogP contribution in [0, 0.1) is 0 Å². The number of halogens is 3. The van der Waals surface area contributed by atoms with Crippen LogP contribution >= 0.6 is 22.6 Å². The van der Waals surface area contributed by atoms with Crippen molar-refractivity contribution >= 4 is 28.5 Å². The summed E-state index contributed by atoms with van der Waals surface area (Å²) in [6, 6.07) is 0. The maximum atomic E-state index is 11.4. The fraction of sp³-hybridized carbons (Fsp3) is 0.800. The van der Waals surface area contributed by atoms with E-state index in [1.54, 1.807) is 0 Å². The van der Waals surface area contributed by atoms with Gasteiger partial charge in [0.15, 0.2) is 0 Å². The number of carbonyl (C=O) groups is 1. The molecule has 0 spiro atoms. The number of nitrogens with one attached hydrogen (secondary N) is 1. The van der Waals surface area contributed by atoms with Crippen LogP contribution in [-0.2, 0) is 4.79 Å². The second-order valence-electron chi connectivity index (χ2n) is 1.63. The molecule has 0 atom stereocenters. The topological polar surface area (TPSA) is 29.1 Å². The summed E-state index contributed by atoms with van der Waals surface area (Å²) >= 11 is 2.11. The first kappa shape index (κ1) is 10.1. The molecule has 2 nitrogen and oxygen atoms in total. The first-order valence-electron chi connectivity index (χ1n) is 2.80. The predicted octanol–water partition coefficient (Wildman–Crippen LogP) is 1.19. The van der Waals surface area contributed by atoms with Crippen LogP contribution in [0.25, 0.3) is 0 Å². The van der Waals surface area contributed by atoms with Crippen LogP contribution in [0.4, 0.5) is 8.78 Å². The minimum Gasteiger partial charge on any atom is -0.351 e. The van der Waals surface area contributed by atoms with Crippen LogP contribution in [0.5, 0.6) is 0 Å². The summed E-state index contributed by atoms with van der Waals surface area (Å²) in [6.07, 6.45) is -2.15. The van der Waals surface area contributed by atoms with Crippen molar-refractivity contribution in [1.29, 1.82) is 0 Å². The minimum atomic E-state index is -2.88. The molecule has 0 bridgehead atoms. The fourth-order valence-corrected chi connectivity index (χ4v) is 0.737. The molecule has 1 N–H and O–H groups in total. The second-order valence-corrected chi connectivity index (χ2v) is 2.71. The van der Waals surface area contributed by atoms with Gasteiger partial charge in [0.2, 0.25) is 0 Å². The summed E-state index contributed by atoms with van der Waals surface area (Å²) in [5.41, 5.74) is 0. The van der Waals surface area contributed by atoms with E-state index in [-0.39, 0.29) is 0 Å². The van der Waals surface area contributed by atoms with E-state index in [9.17, 15) is 13.6 Å². The van der Waals surface area contributed by atoms with Crippen LogP contribution in [0.1, 0.15) is 6.42 Å². The number of rotatable bonds is 4. The van der Waals surface area contributed by atoms with Gasteiger partial charge < -0.3 is 5.32 Å². The van der Waals surface area contributed by atoms with E-state index in [2.05, 4.69) is 27.9 Å². The molecular weight excluding hydrogens is 255 g/mol. The van der Waals surface area contributed by atoms with Crippen molar-refractivity contribution in [2.75, 3.05) is 11.0 Å². The Balaban J connectivity index is 3.22. The van der Waals surface area contributed by atoms with Gasteiger partial charge in [0.05, 0.1) is 0 Å². The Bertz CT molecular complexity index is 110. The number of amides is 1. The van der Waals surface area contributed by atoms with E-state index in [4.69, 9.17) is 0 Å². The van der Waals surface area contributed by atoms with E-state index in [1.165, 1.54) is 0 Å². The van der Waals surface area contributed by atoms with Gasteiger partial charge >= 0.3 is 6.43 Å². The third-order valence-corrected chi connectivity index (χ3v) is 1.57. The zero-order valence-electron chi connectivity index (χ0n) is 5.24. The largest absolute Gasteiger partial charge is 0.351 e. The zero-order chi connectivity index (χ0) is 7.98. The van der Waals surface area contributed by atoms with Gasteiger partial charge in [-0.3, -0.25) is 4.79 Å². The lowest BCUT2D eigenvalue weighted by Gasteiger charge is -2.00. The highest BCUT2D eigenvalue weighted by Crippen LogP contribution is 1.91. The van der Waals surface area contributed by atoms with Crippen molar-refractivity contribution < 1.29 is 13.6 Å². The molecular formula is C5H8F2INO. The molecule has 0 fully saturated rings. The Kier molecular flexibility index (Phi) is 5.85. The molecule has 0 aromatic carbocycles. The van der Waals surface area contributed by atoms with E-state index >= 15 is 0 Å². The van der Waals surface area contributed by atoms with Crippen molar-refractivity contribution in [2.24, 2.45) is 0 Å². The normalized spacial score (nSPS) is 10.0. The summed E-state index contributed by atoms with van der Waals surface area (Å²) in [4.78, 5) is 10.2. The van der Waals surface area contributed by atoms with Crippen molar-refractivity contribution in [3.05, 3.63) is 0 Å². The molecule has 0 aliphatic carbocycles. The maximum absolute atomic E-state index is 11.4. The molecule has 0 aliphatic heterocycles. The molecule has 0 aliphatic rings. The van der Waals surface area contributed by atoms with Crippen molar-refractivity contribution in [2.45, 2.75) is 12.8 Å². The van der Waals surface area contributed by atoms with E-state index in [0.717, 1.165) is 10.8 Å². The van der Waals surface area contributed by atoms with E-state index in [1.807, 2.05) is 0 Å². The quantitative estimate of drug-likeness (QED) is 0.461.